The van der Waals surface area contributed by atoms with Crippen molar-refractivity contribution < 1.29 is 9.18 Å². The van der Waals surface area contributed by atoms with Gasteiger partial charge in [-0.15, -0.1) is 0 Å². The van der Waals surface area contributed by atoms with E-state index in [1.54, 1.807) is 35.0 Å². The fourth-order valence-corrected chi connectivity index (χ4v) is 3.05. The van der Waals surface area contributed by atoms with E-state index in [1.165, 1.54) is 18.2 Å². The summed E-state index contributed by atoms with van der Waals surface area (Å²) in [7, 11) is 0. The van der Waals surface area contributed by atoms with Crippen molar-refractivity contribution in [1.29, 1.82) is 0 Å². The first-order valence-corrected chi connectivity index (χ1v) is 8.56. The molecule has 0 aliphatic heterocycles. The number of amides is 1. The van der Waals surface area contributed by atoms with Crippen molar-refractivity contribution >= 4 is 54.4 Å². The molecule has 1 amide bonds. The summed E-state index contributed by atoms with van der Waals surface area (Å²) in [6.07, 6.45) is 1.55. The molecule has 2 aromatic carbocycles. The molecule has 3 rings (SSSR count). The molecule has 1 aromatic heterocycles. The summed E-state index contributed by atoms with van der Waals surface area (Å²) in [6.45, 7) is -0.0338. The van der Waals surface area contributed by atoms with Crippen LogP contribution in [0, 0.1) is 5.82 Å². The van der Waals surface area contributed by atoms with Crippen molar-refractivity contribution in [1.82, 2.24) is 4.57 Å². The quantitative estimate of drug-likeness (QED) is 0.642. The second kappa shape index (κ2) is 6.86. The molecule has 0 saturated heterocycles. The highest BCUT2D eigenvalue weighted by atomic mass is 79.9. The van der Waals surface area contributed by atoms with Crippen LogP contribution in [0.2, 0.25) is 0 Å². The van der Waals surface area contributed by atoms with Crippen molar-refractivity contribution in [2.45, 2.75) is 6.54 Å². The Morgan fingerprint density at radius 3 is 2.54 bits per heavy atom. The smallest absolute Gasteiger partial charge is 0.244 e. The van der Waals surface area contributed by atoms with Gasteiger partial charge in [-0.2, -0.15) is 0 Å². The summed E-state index contributed by atoms with van der Waals surface area (Å²) in [5, 5.41) is 3.04. The number of hydrogen-bond acceptors (Lipinski definition) is 2. The zero-order valence-electron chi connectivity index (χ0n) is 12.2. The summed E-state index contributed by atoms with van der Waals surface area (Å²) in [5.41, 5.74) is 0.621. The average Bonchev–Trinajstić information content (AvgIpc) is 2.53. The number of carbonyl (C=O) groups is 1. The lowest BCUT2D eigenvalue weighted by Gasteiger charge is -2.12. The van der Waals surface area contributed by atoms with E-state index in [4.69, 9.17) is 0 Å². The average molecular weight is 454 g/mol. The fourth-order valence-electron chi connectivity index (χ4n) is 2.36. The first-order chi connectivity index (χ1) is 11.4. The Hall–Kier alpha value is -1.99. The molecule has 7 heteroatoms. The van der Waals surface area contributed by atoms with E-state index in [0.717, 1.165) is 4.47 Å². The molecule has 0 fully saturated rings. The molecule has 0 aliphatic rings. The predicted octanol–water partition coefficient (Wildman–Crippen LogP) is 4.30. The van der Waals surface area contributed by atoms with Gasteiger partial charge >= 0.3 is 0 Å². The fraction of sp³-hybridized carbons (Fsp3) is 0.0588. The number of halogens is 3. The van der Waals surface area contributed by atoms with Crippen LogP contribution in [0.3, 0.4) is 0 Å². The maximum Gasteiger partial charge on any atom is 0.244 e. The number of nitrogens with one attached hydrogen (secondary N) is 1. The molecule has 1 heterocycles. The number of hydrogen-bond donors (Lipinski definition) is 1. The van der Waals surface area contributed by atoms with Gasteiger partial charge in [-0.3, -0.25) is 9.59 Å². The Labute approximate surface area is 153 Å². The SMILES string of the molecule is O=C(Cn1ccc(=O)c2cc(Br)ccc21)Nc1ccc(Br)cc1F. The Kier molecular flexibility index (Phi) is 4.82. The van der Waals surface area contributed by atoms with Crippen molar-refractivity contribution in [3.63, 3.8) is 0 Å². The van der Waals surface area contributed by atoms with E-state index >= 15 is 0 Å². The van der Waals surface area contributed by atoms with E-state index in [9.17, 15) is 14.0 Å². The Bertz CT molecular complexity index is 1000. The second-order valence-electron chi connectivity index (χ2n) is 5.14. The first-order valence-electron chi connectivity index (χ1n) is 6.97. The van der Waals surface area contributed by atoms with Gasteiger partial charge in [-0.05, 0) is 36.4 Å². The molecule has 0 aliphatic carbocycles. The van der Waals surface area contributed by atoms with Crippen LogP contribution in [0.1, 0.15) is 0 Å². The minimum Gasteiger partial charge on any atom is -0.338 e. The van der Waals surface area contributed by atoms with E-state index in [-0.39, 0.29) is 23.6 Å². The van der Waals surface area contributed by atoms with Gasteiger partial charge in [-0.25, -0.2) is 4.39 Å². The molecule has 122 valence electrons. The number of fused-ring (bicyclic) bond motifs is 1. The summed E-state index contributed by atoms with van der Waals surface area (Å²) in [4.78, 5) is 24.2. The molecule has 0 unspecified atom stereocenters. The Balaban J connectivity index is 1.88. The number of aromatic nitrogens is 1. The predicted molar refractivity (Wildman–Crippen MR) is 98.6 cm³/mol. The zero-order chi connectivity index (χ0) is 17.3. The van der Waals surface area contributed by atoms with E-state index < -0.39 is 5.82 Å². The molecule has 0 saturated carbocycles. The van der Waals surface area contributed by atoms with Gasteiger partial charge in [-0.1, -0.05) is 31.9 Å². The molecule has 24 heavy (non-hydrogen) atoms. The van der Waals surface area contributed by atoms with Crippen LogP contribution in [-0.2, 0) is 11.3 Å². The van der Waals surface area contributed by atoms with Crippen LogP contribution in [0.25, 0.3) is 10.9 Å². The van der Waals surface area contributed by atoms with Gasteiger partial charge in [0.1, 0.15) is 12.4 Å². The third-order valence-corrected chi connectivity index (χ3v) is 4.45. The minimum atomic E-state index is -0.522. The summed E-state index contributed by atoms with van der Waals surface area (Å²) < 4.78 is 16.8. The van der Waals surface area contributed by atoms with Crippen molar-refractivity contribution in [2.24, 2.45) is 0 Å². The molecule has 3 aromatic rings. The highest BCUT2D eigenvalue weighted by Crippen LogP contribution is 2.20. The number of nitrogens with zero attached hydrogens (tertiary/aromatic N) is 1. The number of benzene rings is 2. The van der Waals surface area contributed by atoms with Crippen LogP contribution in [0.4, 0.5) is 10.1 Å². The Morgan fingerprint density at radius 2 is 1.79 bits per heavy atom. The molecule has 0 atom stereocenters. The number of pyridine rings is 1. The van der Waals surface area contributed by atoms with Gasteiger partial charge in [0.15, 0.2) is 5.43 Å². The lowest BCUT2D eigenvalue weighted by Crippen LogP contribution is -2.20. The highest BCUT2D eigenvalue weighted by Gasteiger charge is 2.10. The molecule has 0 bridgehead atoms. The number of carbonyl (C=O) groups excluding carboxylic acids is 1. The third-order valence-electron chi connectivity index (χ3n) is 3.46. The normalized spacial score (nSPS) is 10.8. The van der Waals surface area contributed by atoms with E-state index in [2.05, 4.69) is 37.2 Å². The minimum absolute atomic E-state index is 0.0338. The molecular formula is C17H11Br2FN2O2. The standard InChI is InChI=1S/C17H11Br2FN2O2/c18-10-2-4-15-12(7-10)16(23)5-6-22(15)9-17(24)21-14-3-1-11(19)8-13(14)20/h1-8H,9H2,(H,21,24). The molecule has 0 spiro atoms. The summed E-state index contributed by atoms with van der Waals surface area (Å²) >= 11 is 6.49. The molecule has 0 radical (unpaired) electrons. The molecular weight excluding hydrogens is 443 g/mol. The highest BCUT2D eigenvalue weighted by molar-refractivity contribution is 9.10. The first kappa shape index (κ1) is 16.9. The van der Waals surface area contributed by atoms with Crippen molar-refractivity contribution in [2.75, 3.05) is 5.32 Å². The van der Waals surface area contributed by atoms with Gasteiger partial charge < -0.3 is 9.88 Å². The van der Waals surface area contributed by atoms with E-state index in [0.29, 0.717) is 15.4 Å². The maximum absolute atomic E-state index is 13.8. The van der Waals surface area contributed by atoms with Crippen molar-refractivity contribution in [3.05, 3.63) is 73.6 Å². The monoisotopic (exact) mass is 452 g/mol. The van der Waals surface area contributed by atoms with Crippen molar-refractivity contribution in [3.8, 4) is 0 Å². The molecule has 4 nitrogen and oxygen atoms in total. The largest absolute Gasteiger partial charge is 0.338 e. The lowest BCUT2D eigenvalue weighted by molar-refractivity contribution is -0.116. The number of anilines is 1. The van der Waals surface area contributed by atoms with Crippen LogP contribution < -0.4 is 10.7 Å². The van der Waals surface area contributed by atoms with E-state index in [1.807, 2.05) is 0 Å². The Morgan fingerprint density at radius 1 is 1.08 bits per heavy atom. The van der Waals surface area contributed by atoms with Gasteiger partial charge in [0.2, 0.25) is 5.91 Å². The topological polar surface area (TPSA) is 51.1 Å². The maximum atomic E-state index is 13.8. The number of rotatable bonds is 3. The molecule has 1 N–H and O–H groups in total. The summed E-state index contributed by atoms with van der Waals surface area (Å²) in [6, 6.07) is 11.1. The van der Waals surface area contributed by atoms with Gasteiger partial charge in [0, 0.05) is 26.6 Å². The van der Waals surface area contributed by atoms with Crippen LogP contribution >= 0.6 is 31.9 Å². The van der Waals surface area contributed by atoms with Crippen LogP contribution in [0.5, 0.6) is 0 Å². The second-order valence-corrected chi connectivity index (χ2v) is 6.97. The zero-order valence-corrected chi connectivity index (χ0v) is 15.4. The van der Waals surface area contributed by atoms with Gasteiger partial charge in [0.05, 0.1) is 11.2 Å². The van der Waals surface area contributed by atoms with Crippen LogP contribution in [0.15, 0.2) is 62.4 Å². The lowest BCUT2D eigenvalue weighted by atomic mass is 10.2. The van der Waals surface area contributed by atoms with Gasteiger partial charge in [0.25, 0.3) is 0 Å². The third kappa shape index (κ3) is 3.57. The van der Waals surface area contributed by atoms with Crippen LogP contribution in [-0.4, -0.2) is 10.5 Å². The summed E-state index contributed by atoms with van der Waals surface area (Å²) in [5.74, 6) is -0.907.